The van der Waals surface area contributed by atoms with Crippen LogP contribution in [0.15, 0.2) is 65.3 Å². The smallest absolute Gasteiger partial charge is 0.317 e. The van der Waals surface area contributed by atoms with Crippen molar-refractivity contribution < 1.29 is 19.1 Å². The van der Waals surface area contributed by atoms with E-state index in [9.17, 15) is 14.7 Å². The highest BCUT2D eigenvalue weighted by Gasteiger charge is 2.49. The van der Waals surface area contributed by atoms with Gasteiger partial charge in [-0.25, -0.2) is 4.79 Å². The second-order valence-corrected chi connectivity index (χ2v) is 7.27. The molecule has 1 heterocycles. The summed E-state index contributed by atoms with van der Waals surface area (Å²) >= 11 is 11.7. The number of allylic oxidation sites excluding steroid dienone is 2. The predicted molar refractivity (Wildman–Crippen MR) is 113 cm³/mol. The summed E-state index contributed by atoms with van der Waals surface area (Å²) in [5.74, 6) is -0.302. The lowest BCUT2D eigenvalue weighted by Gasteiger charge is -2.39. The van der Waals surface area contributed by atoms with Crippen LogP contribution in [0.4, 0.5) is 10.5 Å². The van der Waals surface area contributed by atoms with E-state index in [2.05, 4.69) is 10.6 Å². The summed E-state index contributed by atoms with van der Waals surface area (Å²) < 4.78 is 5.10. The number of amides is 3. The Morgan fingerprint density at radius 1 is 1.21 bits per heavy atom. The number of furan rings is 1. The van der Waals surface area contributed by atoms with Gasteiger partial charge in [0.15, 0.2) is 16.4 Å². The number of primary amides is 1. The topological polar surface area (TPSA) is 144 Å². The number of benzene rings is 1. The molecule has 2 atom stereocenters. The molecule has 3 rings (SSSR count). The van der Waals surface area contributed by atoms with Gasteiger partial charge in [0.25, 0.3) is 5.91 Å². The van der Waals surface area contributed by atoms with Gasteiger partial charge in [0.2, 0.25) is 0 Å². The molecule has 29 heavy (non-hydrogen) atoms. The first kappa shape index (κ1) is 20.7. The zero-order valence-electron chi connectivity index (χ0n) is 14.9. The van der Waals surface area contributed by atoms with E-state index in [4.69, 9.17) is 39.7 Å². The van der Waals surface area contributed by atoms with Crippen molar-refractivity contribution in [2.75, 3.05) is 5.32 Å². The predicted octanol–water partition coefficient (Wildman–Crippen LogP) is 2.11. The molecule has 8 nitrogen and oxygen atoms in total. The summed E-state index contributed by atoms with van der Waals surface area (Å²) in [5, 5.41) is 15.5. The molecule has 7 N–H and O–H groups in total. The van der Waals surface area contributed by atoms with E-state index < -0.39 is 22.5 Å². The number of aliphatic hydroxyl groups is 1. The van der Waals surface area contributed by atoms with Crippen LogP contribution >= 0.6 is 23.8 Å². The van der Waals surface area contributed by atoms with Gasteiger partial charge >= 0.3 is 6.03 Å². The van der Waals surface area contributed by atoms with Crippen molar-refractivity contribution in [3.63, 3.8) is 0 Å². The van der Waals surface area contributed by atoms with E-state index in [0.717, 1.165) is 0 Å². The lowest BCUT2D eigenvalue weighted by molar-refractivity contribution is 0.0880. The maximum atomic E-state index is 12.4. The van der Waals surface area contributed by atoms with E-state index in [1.54, 1.807) is 30.3 Å². The third kappa shape index (κ3) is 4.08. The molecule has 1 aliphatic rings. The monoisotopic (exact) mass is 432 g/mol. The van der Waals surface area contributed by atoms with E-state index in [-0.39, 0.29) is 10.7 Å². The van der Waals surface area contributed by atoms with Gasteiger partial charge in [-0.2, -0.15) is 0 Å². The highest BCUT2D eigenvalue weighted by molar-refractivity contribution is 7.80. The van der Waals surface area contributed by atoms with Crippen LogP contribution in [0.5, 0.6) is 0 Å². The van der Waals surface area contributed by atoms with Gasteiger partial charge < -0.3 is 25.9 Å². The van der Waals surface area contributed by atoms with Gasteiger partial charge in [-0.3, -0.25) is 10.5 Å². The molecular formula is C19H17ClN4O4S. The molecule has 0 fully saturated rings. The van der Waals surface area contributed by atoms with E-state index >= 15 is 0 Å². The number of urea groups is 1. The molecule has 1 aromatic heterocycles. The van der Waals surface area contributed by atoms with Gasteiger partial charge in [0, 0.05) is 11.3 Å². The summed E-state index contributed by atoms with van der Waals surface area (Å²) in [6.45, 7) is 0. The molecule has 0 spiro atoms. The molecule has 3 amide bonds. The Kier molecular flexibility index (Phi) is 5.58. The van der Waals surface area contributed by atoms with E-state index in [1.807, 2.05) is 0 Å². The summed E-state index contributed by atoms with van der Waals surface area (Å²) in [4.78, 5) is 21.4. The fourth-order valence-corrected chi connectivity index (χ4v) is 3.32. The third-order valence-corrected chi connectivity index (χ3v) is 5.39. The van der Waals surface area contributed by atoms with Crippen LogP contribution in [-0.2, 0) is 0 Å². The maximum Gasteiger partial charge on any atom is 0.317 e. The maximum absolute atomic E-state index is 12.4. The number of anilines is 1. The zero-order chi connectivity index (χ0) is 21.2. The second-order valence-electron chi connectivity index (χ2n) is 6.27. The number of halogens is 1. The van der Waals surface area contributed by atoms with Crippen molar-refractivity contribution in [1.82, 2.24) is 5.32 Å². The Morgan fingerprint density at radius 3 is 2.59 bits per heavy atom. The minimum absolute atomic E-state index is 0.142. The Bertz CT molecular complexity index is 1030. The van der Waals surface area contributed by atoms with Crippen LogP contribution in [0.25, 0.3) is 5.57 Å². The average molecular weight is 433 g/mol. The first-order chi connectivity index (χ1) is 13.6. The molecule has 150 valence electrons. The molecule has 2 aromatic rings. The van der Waals surface area contributed by atoms with Crippen LogP contribution in [0.3, 0.4) is 0 Å². The molecule has 2 unspecified atom stereocenters. The molecule has 1 aliphatic carbocycles. The van der Waals surface area contributed by atoms with Crippen LogP contribution in [0, 0.1) is 0 Å². The van der Waals surface area contributed by atoms with Gasteiger partial charge in [0.1, 0.15) is 4.99 Å². The lowest BCUT2D eigenvalue weighted by atomic mass is 9.84. The number of hydrogen-bond acceptors (Lipinski definition) is 6. The Morgan fingerprint density at radius 2 is 1.93 bits per heavy atom. The normalized spacial score (nSPS) is 23.2. The Labute approximate surface area is 176 Å². The standard InChI is InChI=1S/C19H17ClN4O4S/c20-18(16(29)24-17(21)26)10-11(7-8-19(18,22)27)12-4-1-2-5-13(12)23-15(25)14-6-3-9-28-14/h1-10,27H,22H2,(H,23,25)(H3,21,24,26,29). The first-order valence-electron chi connectivity index (χ1n) is 8.31. The molecule has 10 heteroatoms. The summed E-state index contributed by atoms with van der Waals surface area (Å²) in [6.07, 6.45) is 5.56. The number of rotatable bonds is 4. The van der Waals surface area contributed by atoms with Crippen LogP contribution < -0.4 is 22.1 Å². The largest absolute Gasteiger partial charge is 0.459 e. The quantitative estimate of drug-likeness (QED) is 0.284. The summed E-state index contributed by atoms with van der Waals surface area (Å²) in [6, 6.07) is 9.10. The van der Waals surface area contributed by atoms with Crippen molar-refractivity contribution in [2.45, 2.75) is 10.6 Å². The number of carbonyl (C=O) groups excluding carboxylic acids is 2. The minimum atomic E-state index is -2.09. The second kappa shape index (κ2) is 7.80. The Hall–Kier alpha value is -2.98. The van der Waals surface area contributed by atoms with Crippen LogP contribution in [-0.4, -0.2) is 32.6 Å². The summed E-state index contributed by atoms with van der Waals surface area (Å²) in [5.41, 5.74) is 10.4. The van der Waals surface area contributed by atoms with Crippen molar-refractivity contribution in [2.24, 2.45) is 11.5 Å². The van der Waals surface area contributed by atoms with Gasteiger partial charge in [0.05, 0.1) is 6.26 Å². The van der Waals surface area contributed by atoms with E-state index in [1.165, 1.54) is 30.6 Å². The van der Waals surface area contributed by atoms with E-state index in [0.29, 0.717) is 16.8 Å². The molecule has 0 bridgehead atoms. The molecular weight excluding hydrogens is 416 g/mol. The van der Waals surface area contributed by atoms with Crippen molar-refractivity contribution >= 4 is 52.0 Å². The number of alkyl halides is 1. The van der Waals surface area contributed by atoms with Crippen molar-refractivity contribution in [3.05, 3.63) is 72.2 Å². The average Bonchev–Trinajstić information content (AvgIpc) is 3.19. The molecule has 0 saturated heterocycles. The molecule has 0 aliphatic heterocycles. The fourth-order valence-electron chi connectivity index (χ4n) is 2.77. The summed E-state index contributed by atoms with van der Waals surface area (Å²) in [7, 11) is 0. The lowest BCUT2D eigenvalue weighted by Crippen LogP contribution is -2.63. The van der Waals surface area contributed by atoms with Crippen LogP contribution in [0.2, 0.25) is 0 Å². The highest BCUT2D eigenvalue weighted by Crippen LogP contribution is 2.39. The highest BCUT2D eigenvalue weighted by atomic mass is 35.5. The number of nitrogens with two attached hydrogens (primary N) is 2. The van der Waals surface area contributed by atoms with Crippen molar-refractivity contribution in [3.8, 4) is 0 Å². The Balaban J connectivity index is 2.00. The molecule has 1 aromatic carbocycles. The van der Waals surface area contributed by atoms with Gasteiger partial charge in [-0.05, 0) is 35.9 Å². The SMILES string of the molecule is NC(=O)NC(=S)C1(Cl)C=C(c2ccccc2NC(=O)c2ccco2)C=CC1(N)O. The fraction of sp³-hybridized carbons (Fsp3) is 0.105. The number of para-hydroxylation sites is 1. The minimum Gasteiger partial charge on any atom is -0.459 e. The first-order valence-corrected chi connectivity index (χ1v) is 9.10. The van der Waals surface area contributed by atoms with Gasteiger partial charge in [-0.15, -0.1) is 11.6 Å². The number of thiocarbonyl (C=S) groups is 1. The number of carbonyl (C=O) groups is 2. The molecule has 0 radical (unpaired) electrons. The number of hydrogen-bond donors (Lipinski definition) is 5. The number of nitrogens with one attached hydrogen (secondary N) is 2. The molecule has 0 saturated carbocycles. The van der Waals surface area contributed by atoms with Gasteiger partial charge in [-0.1, -0.05) is 36.5 Å². The van der Waals surface area contributed by atoms with Crippen LogP contribution in [0.1, 0.15) is 16.1 Å². The van der Waals surface area contributed by atoms with Crippen molar-refractivity contribution in [1.29, 1.82) is 0 Å². The zero-order valence-corrected chi connectivity index (χ0v) is 16.5. The third-order valence-electron chi connectivity index (χ3n) is 4.25.